The maximum absolute atomic E-state index is 14.4. The zero-order valence-electron chi connectivity index (χ0n) is 14.7. The molecule has 27 heavy (non-hydrogen) atoms. The lowest BCUT2D eigenvalue weighted by molar-refractivity contribution is -0.126. The summed E-state index contributed by atoms with van der Waals surface area (Å²) in [4.78, 5) is 2.20. The molecule has 1 aliphatic heterocycles. The van der Waals surface area contributed by atoms with Crippen molar-refractivity contribution < 1.29 is 22.7 Å². The standard InChI is InChI=1S/C19H20F4N2OS/c1-25-8-7-15(14(20)11-25)24-16-5-2-4-12-13(10-19(21,22)23)17(6-3-9-26)27-18(12)16/h2,4-5,14-15,24,26H,7-11H2,1H3. The molecule has 1 saturated heterocycles. The number of fused-ring (bicyclic) bond motifs is 1. The van der Waals surface area contributed by atoms with Gasteiger partial charge in [-0.3, -0.25) is 0 Å². The maximum atomic E-state index is 14.4. The number of nitrogens with one attached hydrogen (secondary N) is 1. The van der Waals surface area contributed by atoms with Gasteiger partial charge < -0.3 is 15.3 Å². The van der Waals surface area contributed by atoms with Crippen molar-refractivity contribution in [1.29, 1.82) is 0 Å². The smallest absolute Gasteiger partial charge is 0.384 e. The van der Waals surface area contributed by atoms with E-state index < -0.39 is 25.4 Å². The highest BCUT2D eigenvalue weighted by Crippen LogP contribution is 2.39. The second-order valence-corrected chi connectivity index (χ2v) is 7.68. The molecule has 0 spiro atoms. The molecule has 1 fully saturated rings. The van der Waals surface area contributed by atoms with Gasteiger partial charge in [0.25, 0.3) is 0 Å². The SMILES string of the molecule is CN1CCC(Nc2cccc3c(CC(F)(F)F)c(C#CCO)sc23)C(F)C1. The van der Waals surface area contributed by atoms with Crippen LogP contribution in [0, 0.1) is 11.8 Å². The minimum Gasteiger partial charge on any atom is -0.384 e. The molecule has 2 heterocycles. The molecular weight excluding hydrogens is 380 g/mol. The predicted octanol–water partition coefficient (Wildman–Crippen LogP) is 3.80. The molecule has 2 atom stereocenters. The number of aliphatic hydroxyl groups excluding tert-OH is 1. The van der Waals surface area contributed by atoms with Crippen molar-refractivity contribution in [2.75, 3.05) is 32.1 Å². The molecule has 1 aromatic carbocycles. The van der Waals surface area contributed by atoms with Crippen LogP contribution in [-0.4, -0.2) is 55.1 Å². The van der Waals surface area contributed by atoms with E-state index in [0.29, 0.717) is 28.7 Å². The van der Waals surface area contributed by atoms with Gasteiger partial charge in [0, 0.05) is 13.1 Å². The fourth-order valence-electron chi connectivity index (χ4n) is 3.30. The van der Waals surface area contributed by atoms with Gasteiger partial charge in [-0.25, -0.2) is 4.39 Å². The topological polar surface area (TPSA) is 35.5 Å². The third kappa shape index (κ3) is 4.72. The second-order valence-electron chi connectivity index (χ2n) is 6.66. The van der Waals surface area contributed by atoms with Crippen molar-refractivity contribution in [2.45, 2.75) is 31.2 Å². The largest absolute Gasteiger partial charge is 0.393 e. The average Bonchev–Trinajstić information content (AvgIpc) is 2.92. The third-order valence-corrected chi connectivity index (χ3v) is 5.76. The minimum atomic E-state index is -4.37. The lowest BCUT2D eigenvalue weighted by atomic mass is 10.0. The van der Waals surface area contributed by atoms with Gasteiger partial charge in [-0.1, -0.05) is 24.0 Å². The first-order chi connectivity index (χ1) is 12.8. The Morgan fingerprint density at radius 3 is 2.81 bits per heavy atom. The first-order valence-electron chi connectivity index (χ1n) is 8.58. The predicted molar refractivity (Wildman–Crippen MR) is 100.0 cm³/mol. The minimum absolute atomic E-state index is 0.104. The summed E-state index contributed by atoms with van der Waals surface area (Å²) in [6.07, 6.45) is -5.90. The van der Waals surface area contributed by atoms with Gasteiger partial charge >= 0.3 is 6.18 Å². The number of likely N-dealkylation sites (tertiary alicyclic amines) is 1. The van der Waals surface area contributed by atoms with Crippen LogP contribution < -0.4 is 5.32 Å². The van der Waals surface area contributed by atoms with Gasteiger partial charge in [-0.05, 0) is 30.5 Å². The van der Waals surface area contributed by atoms with Crippen LogP contribution in [0.25, 0.3) is 10.1 Å². The summed E-state index contributed by atoms with van der Waals surface area (Å²) in [5, 5.41) is 12.5. The normalized spacial score (nSPS) is 21.1. The Morgan fingerprint density at radius 2 is 2.15 bits per heavy atom. The number of aliphatic hydroxyl groups is 1. The van der Waals surface area contributed by atoms with Crippen LogP contribution in [0.1, 0.15) is 16.9 Å². The van der Waals surface area contributed by atoms with E-state index in [2.05, 4.69) is 17.2 Å². The van der Waals surface area contributed by atoms with E-state index in [1.54, 1.807) is 18.2 Å². The quantitative estimate of drug-likeness (QED) is 0.608. The molecule has 1 aromatic heterocycles. The summed E-state index contributed by atoms with van der Waals surface area (Å²) in [5.74, 6) is 5.06. The second kappa shape index (κ2) is 8.05. The number of rotatable bonds is 3. The van der Waals surface area contributed by atoms with Crippen LogP contribution >= 0.6 is 11.3 Å². The number of piperidine rings is 1. The van der Waals surface area contributed by atoms with E-state index in [1.807, 2.05) is 11.9 Å². The molecule has 0 radical (unpaired) electrons. The molecule has 0 saturated carbocycles. The van der Waals surface area contributed by atoms with Crippen molar-refractivity contribution in [3.63, 3.8) is 0 Å². The molecule has 3 rings (SSSR count). The summed E-state index contributed by atoms with van der Waals surface area (Å²) in [7, 11) is 1.86. The first kappa shape index (κ1) is 19.9. The summed E-state index contributed by atoms with van der Waals surface area (Å²) in [5.41, 5.74) is 0.724. The van der Waals surface area contributed by atoms with Gasteiger partial charge in [-0.15, -0.1) is 11.3 Å². The van der Waals surface area contributed by atoms with Crippen molar-refractivity contribution in [3.8, 4) is 11.8 Å². The number of halogens is 4. The molecule has 3 nitrogen and oxygen atoms in total. The Kier molecular flexibility index (Phi) is 5.94. The number of thiophene rings is 1. The van der Waals surface area contributed by atoms with Gasteiger partial charge in [0.1, 0.15) is 12.8 Å². The van der Waals surface area contributed by atoms with Crippen LogP contribution in [0.3, 0.4) is 0 Å². The number of hydrogen-bond donors (Lipinski definition) is 2. The number of hydrogen-bond acceptors (Lipinski definition) is 4. The summed E-state index contributed by atoms with van der Waals surface area (Å²) < 4.78 is 54.1. The third-order valence-electron chi connectivity index (χ3n) is 4.56. The number of benzene rings is 1. The Labute approximate surface area is 159 Å². The Hall–Kier alpha value is -1.82. The average molecular weight is 400 g/mol. The van der Waals surface area contributed by atoms with E-state index in [-0.39, 0.29) is 16.5 Å². The van der Waals surface area contributed by atoms with Crippen LogP contribution in [0.4, 0.5) is 23.2 Å². The first-order valence-corrected chi connectivity index (χ1v) is 9.40. The van der Waals surface area contributed by atoms with Crippen LogP contribution in [-0.2, 0) is 6.42 Å². The molecule has 8 heteroatoms. The molecule has 2 N–H and O–H groups in total. The highest BCUT2D eigenvalue weighted by molar-refractivity contribution is 7.20. The monoisotopic (exact) mass is 400 g/mol. The molecular formula is C19H20F4N2OS. The number of nitrogens with zero attached hydrogens (tertiary/aromatic N) is 1. The lowest BCUT2D eigenvalue weighted by Gasteiger charge is -2.33. The van der Waals surface area contributed by atoms with Gasteiger partial charge in [-0.2, -0.15) is 13.2 Å². The fourth-order valence-corrected chi connectivity index (χ4v) is 4.47. The van der Waals surface area contributed by atoms with E-state index in [1.165, 1.54) is 0 Å². The van der Waals surface area contributed by atoms with E-state index in [4.69, 9.17) is 5.11 Å². The fraction of sp³-hybridized carbons (Fsp3) is 0.474. The molecule has 1 aliphatic rings. The number of alkyl halides is 4. The molecule has 0 aliphatic carbocycles. The molecule has 146 valence electrons. The van der Waals surface area contributed by atoms with Crippen molar-refractivity contribution in [1.82, 2.24) is 4.90 Å². The van der Waals surface area contributed by atoms with Crippen molar-refractivity contribution >= 4 is 27.1 Å². The molecule has 2 aromatic rings. The van der Waals surface area contributed by atoms with Crippen LogP contribution in [0.2, 0.25) is 0 Å². The maximum Gasteiger partial charge on any atom is 0.393 e. The van der Waals surface area contributed by atoms with E-state index in [9.17, 15) is 17.6 Å². The van der Waals surface area contributed by atoms with E-state index >= 15 is 0 Å². The Balaban J connectivity index is 2.00. The van der Waals surface area contributed by atoms with Gasteiger partial charge in [0.15, 0.2) is 0 Å². The van der Waals surface area contributed by atoms with Crippen LogP contribution in [0.15, 0.2) is 18.2 Å². The van der Waals surface area contributed by atoms with Crippen molar-refractivity contribution in [2.24, 2.45) is 0 Å². The highest BCUT2D eigenvalue weighted by atomic mass is 32.1. The molecule has 2 unspecified atom stereocenters. The van der Waals surface area contributed by atoms with Gasteiger partial charge in [0.05, 0.1) is 27.7 Å². The summed E-state index contributed by atoms with van der Waals surface area (Å²) in [6.45, 7) is 0.652. The molecule has 0 amide bonds. The molecule has 0 bridgehead atoms. The van der Waals surface area contributed by atoms with Gasteiger partial charge in [0.2, 0.25) is 0 Å². The van der Waals surface area contributed by atoms with Crippen molar-refractivity contribution in [3.05, 3.63) is 28.6 Å². The van der Waals surface area contributed by atoms with Crippen LogP contribution in [0.5, 0.6) is 0 Å². The lowest BCUT2D eigenvalue weighted by Crippen LogP contribution is -2.46. The number of anilines is 1. The zero-order valence-corrected chi connectivity index (χ0v) is 15.6. The summed E-state index contributed by atoms with van der Waals surface area (Å²) >= 11 is 1.14. The zero-order chi connectivity index (χ0) is 19.6. The Morgan fingerprint density at radius 1 is 1.37 bits per heavy atom. The highest BCUT2D eigenvalue weighted by Gasteiger charge is 2.32. The Bertz CT molecular complexity index is 868. The summed E-state index contributed by atoms with van der Waals surface area (Å²) in [6, 6.07) is 4.67. The van der Waals surface area contributed by atoms with E-state index in [0.717, 1.165) is 17.9 Å².